The predicted octanol–water partition coefficient (Wildman–Crippen LogP) is 4.63. The third-order valence-electron chi connectivity index (χ3n) is 7.07. The number of benzene rings is 2. The van der Waals surface area contributed by atoms with Gasteiger partial charge in [-0.15, -0.1) is 0 Å². The van der Waals surface area contributed by atoms with E-state index in [9.17, 15) is 23.6 Å². The molecule has 0 amide bonds. The fourth-order valence-corrected chi connectivity index (χ4v) is 7.52. The zero-order chi connectivity index (χ0) is 35.8. The Morgan fingerprint density at radius 3 is 2.39 bits per heavy atom. The summed E-state index contributed by atoms with van der Waals surface area (Å²) in [7, 11) is -10.4. The highest BCUT2D eigenvalue weighted by Crippen LogP contribution is 2.61. The Balaban J connectivity index is 1.55. The van der Waals surface area contributed by atoms with Gasteiger partial charge in [0.1, 0.15) is 30.3 Å². The van der Waals surface area contributed by atoms with E-state index in [1.165, 1.54) is 36.1 Å². The van der Waals surface area contributed by atoms with Crippen LogP contribution in [0.2, 0.25) is 0 Å². The monoisotopic (exact) mass is 727 g/mol. The van der Waals surface area contributed by atoms with Gasteiger partial charge in [0.05, 0.1) is 12.2 Å². The van der Waals surface area contributed by atoms with E-state index in [0.29, 0.717) is 23.2 Å². The molecule has 0 saturated carbocycles. The Bertz CT molecular complexity index is 1760. The molecule has 49 heavy (non-hydrogen) atoms. The number of hydrogen-bond acceptors (Lipinski definition) is 12. The second-order valence-electron chi connectivity index (χ2n) is 10.6. The fourth-order valence-electron chi connectivity index (χ4n) is 4.57. The standard InChI is InChI=1S/C30H37F2N5O10P2/c1-4-36(5-2)18-24-25(45-28(30(24,31)32)37-17-16-26(33)34-29(37)39)20-44-49(41,42)47-48(40,46-23-14-10-7-11-15-23)35-21(3)27(38)43-19-22-12-8-6-9-13-22/h6-18,21,25,28H,4-5,19-20H2,1-3H3,(H,35,40)(H,41,42)(H2,33,34,39)/b24-18+/t21-,25+,28+,48?/m0/s1. The lowest BCUT2D eigenvalue weighted by Gasteiger charge is -2.25. The number of anilines is 1. The summed E-state index contributed by atoms with van der Waals surface area (Å²) in [6.07, 6.45) is -1.83. The van der Waals surface area contributed by atoms with E-state index in [0.717, 1.165) is 18.5 Å². The average molecular weight is 728 g/mol. The number of phosphoric acid groups is 1. The van der Waals surface area contributed by atoms with Gasteiger partial charge in [-0.05, 0) is 44.5 Å². The zero-order valence-electron chi connectivity index (χ0n) is 26.8. The van der Waals surface area contributed by atoms with Gasteiger partial charge in [0.25, 0.3) is 0 Å². The first-order valence-corrected chi connectivity index (χ1v) is 18.1. The Morgan fingerprint density at radius 1 is 1.14 bits per heavy atom. The summed E-state index contributed by atoms with van der Waals surface area (Å²) in [5.74, 6) is -5.00. The summed E-state index contributed by atoms with van der Waals surface area (Å²) in [6, 6.07) is 15.8. The number of esters is 1. The molecule has 1 saturated heterocycles. The number of carbonyl (C=O) groups excluding carboxylic acids is 1. The second kappa shape index (κ2) is 16.2. The number of halogens is 2. The molecule has 0 spiro atoms. The first-order chi connectivity index (χ1) is 23.2. The second-order valence-corrected chi connectivity index (χ2v) is 13.9. The van der Waals surface area contributed by atoms with Crippen LogP contribution in [0.1, 0.15) is 32.6 Å². The lowest BCUT2D eigenvalue weighted by Crippen LogP contribution is -2.36. The number of ether oxygens (including phenoxy) is 2. The van der Waals surface area contributed by atoms with Crippen LogP contribution in [-0.2, 0) is 38.8 Å². The number of para-hydroxylation sites is 1. The summed E-state index contributed by atoms with van der Waals surface area (Å²) >= 11 is 0. The van der Waals surface area contributed by atoms with Gasteiger partial charge in [-0.2, -0.15) is 23.2 Å². The molecule has 4 rings (SSSR count). The molecule has 266 valence electrons. The summed E-state index contributed by atoms with van der Waals surface area (Å²) in [6.45, 7) is 4.19. The normalized spacial score (nSPS) is 21.0. The van der Waals surface area contributed by atoms with Crippen LogP contribution in [0.3, 0.4) is 0 Å². The topological polar surface area (TPSA) is 194 Å². The maximum atomic E-state index is 15.9. The van der Waals surface area contributed by atoms with E-state index >= 15 is 8.78 Å². The molecular formula is C30H37F2N5O10P2. The van der Waals surface area contributed by atoms with Gasteiger partial charge < -0.3 is 29.5 Å². The van der Waals surface area contributed by atoms with Gasteiger partial charge in [-0.1, -0.05) is 48.5 Å². The summed E-state index contributed by atoms with van der Waals surface area (Å²) in [5.41, 5.74) is 4.38. The third kappa shape index (κ3) is 10.0. The van der Waals surface area contributed by atoms with Crippen molar-refractivity contribution in [2.45, 2.75) is 51.7 Å². The van der Waals surface area contributed by atoms with E-state index in [2.05, 4.69) is 10.1 Å². The number of aromatic nitrogens is 2. The first kappa shape index (κ1) is 37.9. The largest absolute Gasteiger partial charge is 0.481 e. The molecule has 0 aliphatic carbocycles. The number of phosphoric ester groups is 1. The van der Waals surface area contributed by atoms with Gasteiger partial charge in [-0.3, -0.25) is 13.9 Å². The molecule has 5 atom stereocenters. The minimum atomic E-state index is -5.44. The molecule has 1 aromatic heterocycles. The van der Waals surface area contributed by atoms with Gasteiger partial charge in [0.15, 0.2) is 0 Å². The molecule has 0 bridgehead atoms. The predicted molar refractivity (Wildman–Crippen MR) is 173 cm³/mol. The molecule has 0 radical (unpaired) electrons. The van der Waals surface area contributed by atoms with Crippen LogP contribution in [0.4, 0.5) is 14.6 Å². The number of nitrogens with two attached hydrogens (primary N) is 1. The van der Waals surface area contributed by atoms with E-state index < -0.39 is 63.7 Å². The highest BCUT2D eigenvalue weighted by atomic mass is 31.3. The minimum Gasteiger partial charge on any atom is -0.460 e. The van der Waals surface area contributed by atoms with Crippen molar-refractivity contribution in [3.8, 4) is 5.75 Å². The molecule has 2 aromatic carbocycles. The average Bonchev–Trinajstić information content (AvgIpc) is 3.30. The van der Waals surface area contributed by atoms with Crippen LogP contribution in [0.5, 0.6) is 5.75 Å². The highest BCUT2D eigenvalue weighted by molar-refractivity contribution is 7.63. The molecule has 1 aliphatic heterocycles. The van der Waals surface area contributed by atoms with Crippen LogP contribution in [0, 0.1) is 0 Å². The lowest BCUT2D eigenvalue weighted by atomic mass is 10.1. The van der Waals surface area contributed by atoms with Crippen molar-refractivity contribution in [1.29, 1.82) is 0 Å². The highest BCUT2D eigenvalue weighted by Gasteiger charge is 2.57. The van der Waals surface area contributed by atoms with Crippen molar-refractivity contribution in [1.82, 2.24) is 19.5 Å². The van der Waals surface area contributed by atoms with Crippen molar-refractivity contribution in [2.75, 3.05) is 25.4 Å². The van der Waals surface area contributed by atoms with Crippen molar-refractivity contribution in [3.63, 3.8) is 0 Å². The van der Waals surface area contributed by atoms with Gasteiger partial charge >= 0.3 is 33.2 Å². The molecule has 1 fully saturated rings. The van der Waals surface area contributed by atoms with Crippen LogP contribution < -0.4 is 21.0 Å². The Hall–Kier alpha value is -3.95. The number of rotatable bonds is 16. The van der Waals surface area contributed by atoms with Crippen LogP contribution in [0.25, 0.3) is 0 Å². The van der Waals surface area contributed by atoms with E-state index in [1.54, 1.807) is 50.2 Å². The van der Waals surface area contributed by atoms with Gasteiger partial charge in [0, 0.05) is 25.5 Å². The first-order valence-electron chi connectivity index (χ1n) is 15.0. The van der Waals surface area contributed by atoms with Crippen LogP contribution in [-0.4, -0.2) is 63.1 Å². The molecule has 1 aliphatic rings. The molecule has 2 unspecified atom stereocenters. The van der Waals surface area contributed by atoms with E-state index in [4.69, 9.17) is 28.6 Å². The van der Waals surface area contributed by atoms with Crippen molar-refractivity contribution < 1.29 is 50.4 Å². The lowest BCUT2D eigenvalue weighted by molar-refractivity contribution is -0.146. The maximum absolute atomic E-state index is 15.9. The summed E-state index contributed by atoms with van der Waals surface area (Å²) < 4.78 is 85.6. The van der Waals surface area contributed by atoms with Crippen LogP contribution in [0.15, 0.2) is 89.5 Å². The fraction of sp³-hybridized carbons (Fsp3) is 0.367. The Kier molecular flexibility index (Phi) is 12.5. The minimum absolute atomic E-state index is 0.0724. The Morgan fingerprint density at radius 2 is 1.78 bits per heavy atom. The molecular weight excluding hydrogens is 690 g/mol. The quantitative estimate of drug-likeness (QED) is 0.137. The number of alkyl halides is 2. The third-order valence-corrected chi connectivity index (χ3v) is 10.4. The Labute approximate surface area is 280 Å². The van der Waals surface area contributed by atoms with Crippen molar-refractivity contribution in [3.05, 3.63) is 101 Å². The SMILES string of the molecule is CCN(/C=C1\[C@@H](COP(=O)(O)OP(=O)(N[C@@H](C)C(=O)OCc2ccccc2)Oc2ccccc2)O[C@@H](n2ccc(N)nc2=O)C1(F)F)CC. The zero-order valence-corrected chi connectivity index (χ0v) is 28.5. The number of nitrogens with one attached hydrogen (secondary N) is 1. The molecule has 4 N–H and O–H groups in total. The smallest absolute Gasteiger partial charge is 0.460 e. The summed E-state index contributed by atoms with van der Waals surface area (Å²) in [5, 5.41) is 2.26. The van der Waals surface area contributed by atoms with Crippen molar-refractivity contribution in [2.24, 2.45) is 0 Å². The van der Waals surface area contributed by atoms with Gasteiger partial charge in [0.2, 0.25) is 6.23 Å². The molecule has 15 nitrogen and oxygen atoms in total. The molecule has 2 heterocycles. The molecule has 3 aromatic rings. The maximum Gasteiger partial charge on any atom is 0.481 e. The number of nitrogens with zero attached hydrogens (tertiary/aromatic N) is 3. The number of nitrogen functional groups attached to an aromatic ring is 1. The van der Waals surface area contributed by atoms with E-state index in [-0.39, 0.29) is 18.2 Å². The summed E-state index contributed by atoms with van der Waals surface area (Å²) in [4.78, 5) is 40.8. The van der Waals surface area contributed by atoms with Crippen LogP contribution >= 0.6 is 15.6 Å². The van der Waals surface area contributed by atoms with Crippen molar-refractivity contribution >= 4 is 27.4 Å². The number of hydrogen-bond donors (Lipinski definition) is 3. The van der Waals surface area contributed by atoms with Gasteiger partial charge in [-0.25, -0.2) is 13.9 Å². The number of carbonyl (C=O) groups is 1. The van der Waals surface area contributed by atoms with E-state index in [1.807, 2.05) is 0 Å². The molecule has 19 heteroatoms.